The van der Waals surface area contributed by atoms with Gasteiger partial charge in [-0.25, -0.2) is 0 Å². The van der Waals surface area contributed by atoms with Crippen molar-refractivity contribution in [1.29, 1.82) is 0 Å². The number of hydrogen-bond donors (Lipinski definition) is 2. The van der Waals surface area contributed by atoms with Crippen molar-refractivity contribution in [3.05, 3.63) is 102 Å². The summed E-state index contributed by atoms with van der Waals surface area (Å²) >= 11 is 0. The summed E-state index contributed by atoms with van der Waals surface area (Å²) in [4.78, 5) is 18.0. The number of carboxylic acid groups (broad SMARTS) is 1. The third-order valence-electron chi connectivity index (χ3n) is 5.39. The van der Waals surface area contributed by atoms with Crippen molar-refractivity contribution in [3.8, 4) is 0 Å². The second-order valence-corrected chi connectivity index (χ2v) is 7.63. The molecule has 5 nitrogen and oxygen atoms in total. The second-order valence-electron chi connectivity index (χ2n) is 7.63. The molecule has 0 radical (unpaired) electrons. The van der Waals surface area contributed by atoms with Crippen molar-refractivity contribution in [2.24, 2.45) is 5.92 Å². The molecule has 0 saturated carbocycles. The van der Waals surface area contributed by atoms with Crippen LogP contribution in [0.4, 0.5) is 0 Å². The van der Waals surface area contributed by atoms with Crippen LogP contribution in [0.1, 0.15) is 23.6 Å². The van der Waals surface area contributed by atoms with Crippen molar-refractivity contribution in [3.63, 3.8) is 0 Å². The highest BCUT2D eigenvalue weighted by atomic mass is 16.4. The highest BCUT2D eigenvalue weighted by molar-refractivity contribution is 5.70. The van der Waals surface area contributed by atoms with Crippen LogP contribution in [0.25, 0.3) is 0 Å². The summed E-state index contributed by atoms with van der Waals surface area (Å²) < 4.78 is 0. The maximum atomic E-state index is 11.6. The van der Waals surface area contributed by atoms with Crippen molar-refractivity contribution in [2.45, 2.75) is 38.6 Å². The highest BCUT2D eigenvalue weighted by Crippen LogP contribution is 2.23. The molecule has 2 aromatic carbocycles. The standard InChI is InChI=1S/C25H28N2O3/c1-19(25(29)30)24(28)23(15-22-13-8-14-26-16-22)27(17-20-9-4-2-5-10-20)18-21-11-6-3-7-12-21/h2-14,16,19,23-24,28H,15,17-18H2,1H3,(H,29,30)/t19-,23+,24+/m1/s1. The van der Waals surface area contributed by atoms with Gasteiger partial charge >= 0.3 is 5.97 Å². The van der Waals surface area contributed by atoms with E-state index in [4.69, 9.17) is 0 Å². The predicted molar refractivity (Wildman–Crippen MR) is 117 cm³/mol. The van der Waals surface area contributed by atoms with Gasteiger partial charge in [0.05, 0.1) is 12.0 Å². The Morgan fingerprint density at radius 1 is 0.900 bits per heavy atom. The Balaban J connectivity index is 1.95. The molecule has 3 aromatic rings. The fourth-order valence-corrected chi connectivity index (χ4v) is 3.63. The van der Waals surface area contributed by atoms with E-state index in [9.17, 15) is 15.0 Å². The Morgan fingerprint density at radius 3 is 1.90 bits per heavy atom. The van der Waals surface area contributed by atoms with Gasteiger partial charge in [-0.15, -0.1) is 0 Å². The molecule has 3 atom stereocenters. The van der Waals surface area contributed by atoms with Gasteiger partial charge in [0, 0.05) is 31.5 Å². The number of rotatable bonds is 10. The minimum atomic E-state index is -1.03. The van der Waals surface area contributed by atoms with E-state index in [1.54, 1.807) is 19.3 Å². The summed E-state index contributed by atoms with van der Waals surface area (Å²) in [6, 6.07) is 23.5. The van der Waals surface area contributed by atoms with Crippen LogP contribution in [0.3, 0.4) is 0 Å². The lowest BCUT2D eigenvalue weighted by molar-refractivity contribution is -0.146. The normalized spacial score (nSPS) is 14.2. The predicted octanol–water partition coefficient (Wildman–Crippen LogP) is 3.78. The topological polar surface area (TPSA) is 73.7 Å². The smallest absolute Gasteiger partial charge is 0.308 e. The molecule has 1 heterocycles. The number of pyridine rings is 1. The van der Waals surface area contributed by atoms with E-state index in [1.807, 2.05) is 72.8 Å². The average Bonchev–Trinajstić information content (AvgIpc) is 2.78. The molecule has 0 aliphatic heterocycles. The minimum Gasteiger partial charge on any atom is -0.481 e. The summed E-state index contributed by atoms with van der Waals surface area (Å²) in [6.07, 6.45) is 2.95. The highest BCUT2D eigenvalue weighted by Gasteiger charge is 2.33. The van der Waals surface area contributed by atoms with E-state index >= 15 is 0 Å². The SMILES string of the molecule is C[C@@H](C(=O)O)[C@H](O)[C@H](Cc1cccnc1)N(Cc1ccccc1)Cc1ccccc1. The van der Waals surface area contributed by atoms with E-state index in [0.717, 1.165) is 16.7 Å². The first kappa shape index (κ1) is 21.7. The first-order valence-electron chi connectivity index (χ1n) is 10.2. The Hall–Kier alpha value is -3.02. The zero-order valence-corrected chi connectivity index (χ0v) is 17.1. The van der Waals surface area contributed by atoms with E-state index in [2.05, 4.69) is 9.88 Å². The Morgan fingerprint density at radius 2 is 1.43 bits per heavy atom. The molecule has 0 bridgehead atoms. The fraction of sp³-hybridized carbons (Fsp3) is 0.280. The molecule has 0 unspecified atom stereocenters. The van der Waals surface area contributed by atoms with E-state index < -0.39 is 18.0 Å². The molecule has 0 saturated heterocycles. The van der Waals surface area contributed by atoms with Crippen molar-refractivity contribution < 1.29 is 15.0 Å². The monoisotopic (exact) mass is 404 g/mol. The summed E-state index contributed by atoms with van der Waals surface area (Å²) in [5.41, 5.74) is 3.19. The lowest BCUT2D eigenvalue weighted by Gasteiger charge is -2.36. The summed E-state index contributed by atoms with van der Waals surface area (Å²) in [5.74, 6) is -1.89. The third kappa shape index (κ3) is 5.99. The molecule has 156 valence electrons. The van der Waals surface area contributed by atoms with Crippen molar-refractivity contribution in [2.75, 3.05) is 0 Å². The quantitative estimate of drug-likeness (QED) is 0.538. The Labute approximate surface area is 177 Å². The lowest BCUT2D eigenvalue weighted by Crippen LogP contribution is -2.48. The van der Waals surface area contributed by atoms with Crippen LogP contribution in [-0.4, -0.2) is 38.2 Å². The molecule has 1 aromatic heterocycles. The number of nitrogens with zero attached hydrogens (tertiary/aromatic N) is 2. The summed E-state index contributed by atoms with van der Waals surface area (Å²) in [6.45, 7) is 2.76. The van der Waals surface area contributed by atoms with Crippen LogP contribution in [0.5, 0.6) is 0 Å². The fourth-order valence-electron chi connectivity index (χ4n) is 3.63. The molecule has 0 spiro atoms. The van der Waals surface area contributed by atoms with Crippen molar-refractivity contribution in [1.82, 2.24) is 9.88 Å². The van der Waals surface area contributed by atoms with Gasteiger partial charge in [-0.2, -0.15) is 0 Å². The molecule has 2 N–H and O–H groups in total. The molecular weight excluding hydrogens is 376 g/mol. The van der Waals surface area contributed by atoms with Gasteiger partial charge in [-0.05, 0) is 36.1 Å². The minimum absolute atomic E-state index is 0.388. The molecule has 30 heavy (non-hydrogen) atoms. The van der Waals surface area contributed by atoms with E-state index in [1.165, 1.54) is 0 Å². The lowest BCUT2D eigenvalue weighted by atomic mass is 9.91. The second kappa shape index (κ2) is 10.7. The molecular formula is C25H28N2O3. The number of carbonyl (C=O) groups is 1. The molecule has 3 rings (SSSR count). The van der Waals surface area contributed by atoms with Crippen LogP contribution in [0, 0.1) is 5.92 Å². The number of hydrogen-bond acceptors (Lipinski definition) is 4. The molecule has 0 amide bonds. The van der Waals surface area contributed by atoms with Crippen LogP contribution in [0.2, 0.25) is 0 Å². The van der Waals surface area contributed by atoms with E-state index in [0.29, 0.717) is 19.5 Å². The van der Waals surface area contributed by atoms with Gasteiger partial charge in [0.2, 0.25) is 0 Å². The third-order valence-corrected chi connectivity index (χ3v) is 5.39. The van der Waals surface area contributed by atoms with Crippen LogP contribution < -0.4 is 0 Å². The van der Waals surface area contributed by atoms with Gasteiger partial charge in [0.15, 0.2) is 0 Å². The maximum Gasteiger partial charge on any atom is 0.308 e. The zero-order chi connectivity index (χ0) is 21.3. The van der Waals surface area contributed by atoms with Gasteiger partial charge in [0.25, 0.3) is 0 Å². The summed E-state index contributed by atoms with van der Waals surface area (Å²) in [5, 5.41) is 20.6. The number of aliphatic carboxylic acids is 1. The molecule has 0 fully saturated rings. The molecule has 0 aliphatic carbocycles. The number of benzene rings is 2. The molecule has 0 aliphatic rings. The van der Waals surface area contributed by atoms with Gasteiger partial charge in [-0.1, -0.05) is 66.7 Å². The van der Waals surface area contributed by atoms with Gasteiger partial charge < -0.3 is 10.2 Å². The van der Waals surface area contributed by atoms with Crippen LogP contribution in [0.15, 0.2) is 85.2 Å². The average molecular weight is 405 g/mol. The van der Waals surface area contributed by atoms with Crippen LogP contribution in [-0.2, 0) is 24.3 Å². The van der Waals surface area contributed by atoms with E-state index in [-0.39, 0.29) is 6.04 Å². The number of aromatic nitrogens is 1. The number of carboxylic acids is 1. The zero-order valence-electron chi connectivity index (χ0n) is 17.1. The Kier molecular flexibility index (Phi) is 7.71. The molecule has 5 heteroatoms. The Bertz CT molecular complexity index is 862. The first-order chi connectivity index (χ1) is 14.5. The number of aliphatic hydroxyl groups is 1. The summed E-state index contributed by atoms with van der Waals surface area (Å²) in [7, 11) is 0. The largest absolute Gasteiger partial charge is 0.481 e. The van der Waals surface area contributed by atoms with Gasteiger partial charge in [0.1, 0.15) is 0 Å². The van der Waals surface area contributed by atoms with Crippen molar-refractivity contribution >= 4 is 5.97 Å². The first-order valence-corrected chi connectivity index (χ1v) is 10.2. The maximum absolute atomic E-state index is 11.6. The van der Waals surface area contributed by atoms with Gasteiger partial charge in [-0.3, -0.25) is 14.7 Å². The van der Waals surface area contributed by atoms with Crippen LogP contribution >= 0.6 is 0 Å². The number of aliphatic hydroxyl groups excluding tert-OH is 1.